The molecule has 5 heteroatoms. The van der Waals surface area contributed by atoms with Gasteiger partial charge in [0.1, 0.15) is 0 Å². The summed E-state index contributed by atoms with van der Waals surface area (Å²) in [6.07, 6.45) is 0. The number of carbonyl (C=O) groups is 1. The van der Waals surface area contributed by atoms with Crippen molar-refractivity contribution < 1.29 is 9.90 Å². The normalized spacial score (nSPS) is 11.0. The second kappa shape index (κ2) is 5.32. The Morgan fingerprint density at radius 3 is 2.75 bits per heavy atom. The molecule has 0 radical (unpaired) electrons. The fourth-order valence-corrected chi connectivity index (χ4v) is 1.47. The third-order valence-corrected chi connectivity index (χ3v) is 2.42. The monoisotopic (exact) mass is 286 g/mol. The summed E-state index contributed by atoms with van der Waals surface area (Å²) in [5.41, 5.74) is 0.0661. The molecule has 4 nitrogen and oxygen atoms in total. The van der Waals surface area contributed by atoms with Gasteiger partial charge in [0.15, 0.2) is 0 Å². The number of amides is 2. The van der Waals surface area contributed by atoms with Gasteiger partial charge in [0.25, 0.3) is 0 Å². The summed E-state index contributed by atoms with van der Waals surface area (Å²) >= 11 is 3.32. The molecule has 0 bridgehead atoms. The fraction of sp³-hybridized carbons (Fsp3) is 0.364. The minimum absolute atomic E-state index is 0.112. The summed E-state index contributed by atoms with van der Waals surface area (Å²) in [5.74, 6) is 0. The smallest absolute Gasteiger partial charge is 0.319 e. The van der Waals surface area contributed by atoms with Gasteiger partial charge < -0.3 is 15.7 Å². The van der Waals surface area contributed by atoms with Gasteiger partial charge in [0.05, 0.1) is 12.1 Å². The van der Waals surface area contributed by atoms with Crippen LogP contribution in [-0.4, -0.2) is 23.3 Å². The molecule has 2 amide bonds. The Labute approximate surface area is 103 Å². The second-order valence-corrected chi connectivity index (χ2v) is 5.05. The standard InChI is InChI=1S/C11H15BrN2O2/c1-11(2,7-15)14-10(16)13-9-5-3-4-8(12)6-9/h3-6,15H,7H2,1-2H3,(H2,13,14,16). The maximum atomic E-state index is 11.5. The predicted molar refractivity (Wildman–Crippen MR) is 67.5 cm³/mol. The first-order valence-corrected chi connectivity index (χ1v) is 5.68. The van der Waals surface area contributed by atoms with Crippen LogP contribution in [0, 0.1) is 0 Å². The first-order valence-electron chi connectivity index (χ1n) is 4.88. The minimum Gasteiger partial charge on any atom is -0.394 e. The molecule has 1 aromatic carbocycles. The van der Waals surface area contributed by atoms with Crippen molar-refractivity contribution in [3.63, 3.8) is 0 Å². The molecule has 16 heavy (non-hydrogen) atoms. The van der Waals surface area contributed by atoms with Crippen LogP contribution in [0.25, 0.3) is 0 Å². The Morgan fingerprint density at radius 2 is 2.19 bits per heavy atom. The van der Waals surface area contributed by atoms with Gasteiger partial charge in [-0.1, -0.05) is 22.0 Å². The highest BCUT2D eigenvalue weighted by molar-refractivity contribution is 9.10. The van der Waals surface area contributed by atoms with E-state index in [0.717, 1.165) is 4.47 Å². The van der Waals surface area contributed by atoms with Gasteiger partial charge >= 0.3 is 6.03 Å². The molecule has 0 aliphatic carbocycles. The Hall–Kier alpha value is -1.07. The Bertz CT molecular complexity index is 380. The van der Waals surface area contributed by atoms with E-state index < -0.39 is 5.54 Å². The molecule has 0 fully saturated rings. The Balaban J connectivity index is 2.59. The molecule has 0 aliphatic heterocycles. The predicted octanol–water partition coefficient (Wildman–Crippen LogP) is 2.34. The quantitative estimate of drug-likeness (QED) is 0.799. The van der Waals surface area contributed by atoms with Gasteiger partial charge in [-0.05, 0) is 32.0 Å². The molecular formula is C11H15BrN2O2. The van der Waals surface area contributed by atoms with Gasteiger partial charge in [0, 0.05) is 10.2 Å². The number of carbonyl (C=O) groups excluding carboxylic acids is 1. The van der Waals surface area contributed by atoms with E-state index >= 15 is 0 Å². The maximum absolute atomic E-state index is 11.5. The third-order valence-electron chi connectivity index (χ3n) is 1.93. The summed E-state index contributed by atoms with van der Waals surface area (Å²) in [5, 5.41) is 14.3. The molecule has 88 valence electrons. The lowest BCUT2D eigenvalue weighted by Crippen LogP contribution is -2.48. The molecule has 0 aromatic heterocycles. The Morgan fingerprint density at radius 1 is 1.50 bits per heavy atom. The van der Waals surface area contributed by atoms with Crippen LogP contribution >= 0.6 is 15.9 Å². The number of urea groups is 1. The van der Waals surface area contributed by atoms with Crippen molar-refractivity contribution in [3.05, 3.63) is 28.7 Å². The maximum Gasteiger partial charge on any atom is 0.319 e. The fourth-order valence-electron chi connectivity index (χ4n) is 1.08. The first kappa shape index (κ1) is 13.0. The first-order chi connectivity index (χ1) is 7.43. The van der Waals surface area contributed by atoms with Crippen LogP contribution in [-0.2, 0) is 0 Å². The van der Waals surface area contributed by atoms with Crippen molar-refractivity contribution in [1.82, 2.24) is 5.32 Å². The van der Waals surface area contributed by atoms with E-state index in [1.807, 2.05) is 12.1 Å². The third kappa shape index (κ3) is 4.20. The number of anilines is 1. The lowest BCUT2D eigenvalue weighted by molar-refractivity contribution is 0.187. The van der Waals surface area contributed by atoms with E-state index in [1.165, 1.54) is 0 Å². The van der Waals surface area contributed by atoms with Crippen LogP contribution in [0.1, 0.15) is 13.8 Å². The van der Waals surface area contributed by atoms with Crippen molar-refractivity contribution in [2.75, 3.05) is 11.9 Å². The second-order valence-electron chi connectivity index (χ2n) is 4.13. The number of rotatable bonds is 3. The van der Waals surface area contributed by atoms with Gasteiger partial charge in [0.2, 0.25) is 0 Å². The summed E-state index contributed by atoms with van der Waals surface area (Å²) in [7, 11) is 0. The summed E-state index contributed by atoms with van der Waals surface area (Å²) in [4.78, 5) is 11.5. The molecular weight excluding hydrogens is 272 g/mol. The van der Waals surface area contributed by atoms with Crippen molar-refractivity contribution in [2.45, 2.75) is 19.4 Å². The van der Waals surface area contributed by atoms with Gasteiger partial charge in [-0.15, -0.1) is 0 Å². The van der Waals surface area contributed by atoms with Crippen molar-refractivity contribution >= 4 is 27.6 Å². The number of hydrogen-bond donors (Lipinski definition) is 3. The van der Waals surface area contributed by atoms with E-state index in [4.69, 9.17) is 5.11 Å². The number of hydrogen-bond acceptors (Lipinski definition) is 2. The number of aliphatic hydroxyl groups is 1. The number of nitrogens with one attached hydrogen (secondary N) is 2. The van der Waals surface area contributed by atoms with Crippen molar-refractivity contribution in [3.8, 4) is 0 Å². The number of halogens is 1. The van der Waals surface area contributed by atoms with Crippen LogP contribution in [0.2, 0.25) is 0 Å². The zero-order valence-corrected chi connectivity index (χ0v) is 10.8. The molecule has 0 spiro atoms. The lowest BCUT2D eigenvalue weighted by Gasteiger charge is -2.23. The topological polar surface area (TPSA) is 61.4 Å². The van der Waals surface area contributed by atoms with E-state index in [0.29, 0.717) is 5.69 Å². The van der Waals surface area contributed by atoms with Crippen molar-refractivity contribution in [2.24, 2.45) is 0 Å². The van der Waals surface area contributed by atoms with Gasteiger partial charge in [-0.2, -0.15) is 0 Å². The highest BCUT2D eigenvalue weighted by Crippen LogP contribution is 2.15. The zero-order chi connectivity index (χ0) is 12.2. The Kier molecular flexibility index (Phi) is 4.32. The molecule has 0 saturated heterocycles. The van der Waals surface area contributed by atoms with E-state index in [1.54, 1.807) is 26.0 Å². The average Bonchev–Trinajstić information content (AvgIpc) is 2.16. The van der Waals surface area contributed by atoms with Crippen LogP contribution in [0.5, 0.6) is 0 Å². The minimum atomic E-state index is -0.629. The van der Waals surface area contributed by atoms with Crippen LogP contribution in [0.15, 0.2) is 28.7 Å². The highest BCUT2D eigenvalue weighted by Gasteiger charge is 2.18. The number of aliphatic hydroxyl groups excluding tert-OH is 1. The van der Waals surface area contributed by atoms with Crippen LogP contribution < -0.4 is 10.6 Å². The average molecular weight is 287 g/mol. The van der Waals surface area contributed by atoms with E-state index in [2.05, 4.69) is 26.6 Å². The molecule has 1 aromatic rings. The van der Waals surface area contributed by atoms with Crippen molar-refractivity contribution in [1.29, 1.82) is 0 Å². The van der Waals surface area contributed by atoms with E-state index in [9.17, 15) is 4.79 Å². The van der Waals surface area contributed by atoms with Crippen LogP contribution in [0.3, 0.4) is 0 Å². The van der Waals surface area contributed by atoms with Crippen LogP contribution in [0.4, 0.5) is 10.5 Å². The SMILES string of the molecule is CC(C)(CO)NC(=O)Nc1cccc(Br)c1. The summed E-state index contributed by atoms with van der Waals surface area (Å²) in [6.45, 7) is 3.37. The molecule has 0 unspecified atom stereocenters. The molecule has 0 saturated carbocycles. The molecule has 0 atom stereocenters. The molecule has 1 rings (SSSR count). The highest BCUT2D eigenvalue weighted by atomic mass is 79.9. The van der Waals surface area contributed by atoms with Gasteiger partial charge in [-0.3, -0.25) is 0 Å². The summed E-state index contributed by atoms with van der Waals surface area (Å²) in [6, 6.07) is 6.96. The number of benzene rings is 1. The largest absolute Gasteiger partial charge is 0.394 e. The zero-order valence-electron chi connectivity index (χ0n) is 9.25. The lowest BCUT2D eigenvalue weighted by atomic mass is 10.1. The molecule has 0 aliphatic rings. The summed E-state index contributed by atoms with van der Waals surface area (Å²) < 4.78 is 0.895. The van der Waals surface area contributed by atoms with E-state index in [-0.39, 0.29) is 12.6 Å². The molecule has 0 heterocycles. The van der Waals surface area contributed by atoms with Gasteiger partial charge in [-0.25, -0.2) is 4.79 Å². The molecule has 3 N–H and O–H groups in total.